The quantitative estimate of drug-likeness (QED) is 0.465. The van der Waals surface area contributed by atoms with Gasteiger partial charge >= 0.3 is 0 Å². The van der Waals surface area contributed by atoms with Gasteiger partial charge in [0, 0.05) is 30.2 Å². The SMILES string of the molecule is CCNC(=NCc1sccc1C)NCCCn1nc(C)cc1C. The molecule has 5 nitrogen and oxygen atoms in total. The second kappa shape index (κ2) is 8.72. The van der Waals surface area contributed by atoms with Crippen LogP contribution in [-0.2, 0) is 13.1 Å². The van der Waals surface area contributed by atoms with Crippen molar-refractivity contribution in [3.8, 4) is 0 Å². The Labute approximate surface area is 142 Å². The second-order valence-electron chi connectivity index (χ2n) is 5.65. The number of aryl methyl sites for hydroxylation is 4. The van der Waals surface area contributed by atoms with E-state index in [0.717, 1.165) is 44.3 Å². The van der Waals surface area contributed by atoms with Crippen molar-refractivity contribution in [3.63, 3.8) is 0 Å². The predicted molar refractivity (Wildman–Crippen MR) is 98.2 cm³/mol. The molecule has 0 aliphatic heterocycles. The van der Waals surface area contributed by atoms with Crippen molar-refractivity contribution >= 4 is 17.3 Å². The number of aromatic nitrogens is 2. The van der Waals surface area contributed by atoms with Crippen molar-refractivity contribution < 1.29 is 0 Å². The molecule has 0 atom stereocenters. The van der Waals surface area contributed by atoms with Crippen LogP contribution in [0.15, 0.2) is 22.5 Å². The zero-order valence-electron chi connectivity index (χ0n) is 14.5. The molecule has 2 aromatic rings. The largest absolute Gasteiger partial charge is 0.357 e. The molecule has 2 aromatic heterocycles. The van der Waals surface area contributed by atoms with E-state index in [1.807, 2.05) is 6.92 Å². The molecule has 0 amide bonds. The van der Waals surface area contributed by atoms with Crippen LogP contribution in [0.5, 0.6) is 0 Å². The summed E-state index contributed by atoms with van der Waals surface area (Å²) in [6, 6.07) is 4.26. The first-order valence-electron chi connectivity index (χ1n) is 8.16. The van der Waals surface area contributed by atoms with E-state index in [4.69, 9.17) is 0 Å². The van der Waals surface area contributed by atoms with E-state index in [9.17, 15) is 0 Å². The van der Waals surface area contributed by atoms with Crippen molar-refractivity contribution in [1.82, 2.24) is 20.4 Å². The second-order valence-corrected chi connectivity index (χ2v) is 6.65. The molecule has 0 aliphatic carbocycles. The van der Waals surface area contributed by atoms with Crippen LogP contribution >= 0.6 is 11.3 Å². The first-order chi connectivity index (χ1) is 11.1. The monoisotopic (exact) mass is 333 g/mol. The maximum absolute atomic E-state index is 4.67. The van der Waals surface area contributed by atoms with Crippen LogP contribution < -0.4 is 10.6 Å². The molecule has 0 saturated carbocycles. The van der Waals surface area contributed by atoms with Gasteiger partial charge in [-0.05, 0) is 57.2 Å². The third-order valence-electron chi connectivity index (χ3n) is 3.64. The lowest BCUT2D eigenvalue weighted by molar-refractivity contribution is 0.555. The number of hydrogen-bond donors (Lipinski definition) is 2. The smallest absolute Gasteiger partial charge is 0.191 e. The summed E-state index contributed by atoms with van der Waals surface area (Å²) in [7, 11) is 0. The first kappa shape index (κ1) is 17.5. The Morgan fingerprint density at radius 1 is 1.30 bits per heavy atom. The van der Waals surface area contributed by atoms with Crippen molar-refractivity contribution in [1.29, 1.82) is 0 Å². The van der Waals surface area contributed by atoms with Gasteiger partial charge < -0.3 is 10.6 Å². The van der Waals surface area contributed by atoms with Crippen molar-refractivity contribution in [3.05, 3.63) is 39.3 Å². The average molecular weight is 334 g/mol. The fraction of sp³-hybridized carbons (Fsp3) is 0.529. The molecule has 0 radical (unpaired) electrons. The van der Waals surface area contributed by atoms with Gasteiger partial charge in [0.15, 0.2) is 5.96 Å². The van der Waals surface area contributed by atoms with E-state index in [0.29, 0.717) is 0 Å². The Morgan fingerprint density at radius 2 is 2.13 bits per heavy atom. The number of guanidine groups is 1. The van der Waals surface area contributed by atoms with E-state index in [1.165, 1.54) is 16.1 Å². The van der Waals surface area contributed by atoms with Crippen LogP contribution in [0.1, 0.15) is 35.2 Å². The third kappa shape index (κ3) is 5.39. The Morgan fingerprint density at radius 3 is 2.74 bits per heavy atom. The zero-order chi connectivity index (χ0) is 16.7. The molecule has 126 valence electrons. The molecule has 2 heterocycles. The van der Waals surface area contributed by atoms with Gasteiger partial charge in [0.1, 0.15) is 0 Å². The Balaban J connectivity index is 1.80. The van der Waals surface area contributed by atoms with Gasteiger partial charge in [-0.2, -0.15) is 5.10 Å². The summed E-state index contributed by atoms with van der Waals surface area (Å²) in [5, 5.41) is 13.3. The molecule has 0 spiro atoms. The minimum Gasteiger partial charge on any atom is -0.357 e. The summed E-state index contributed by atoms with van der Waals surface area (Å²) in [6.07, 6.45) is 1.02. The number of rotatable bonds is 7. The summed E-state index contributed by atoms with van der Waals surface area (Å²) in [6.45, 7) is 11.8. The number of aliphatic imine (C=N–C) groups is 1. The van der Waals surface area contributed by atoms with E-state index in [1.54, 1.807) is 11.3 Å². The van der Waals surface area contributed by atoms with Crippen LogP contribution in [0.25, 0.3) is 0 Å². The molecular formula is C17H27N5S. The van der Waals surface area contributed by atoms with E-state index < -0.39 is 0 Å². The summed E-state index contributed by atoms with van der Waals surface area (Å²) in [5.74, 6) is 0.883. The normalized spacial score (nSPS) is 11.7. The van der Waals surface area contributed by atoms with Crippen molar-refractivity contribution in [2.75, 3.05) is 13.1 Å². The number of nitrogens with one attached hydrogen (secondary N) is 2. The van der Waals surface area contributed by atoms with Gasteiger partial charge in [-0.1, -0.05) is 0 Å². The maximum atomic E-state index is 4.67. The minimum atomic E-state index is 0.732. The molecule has 0 aromatic carbocycles. The molecular weight excluding hydrogens is 306 g/mol. The van der Waals surface area contributed by atoms with Gasteiger partial charge in [-0.25, -0.2) is 4.99 Å². The average Bonchev–Trinajstić information content (AvgIpc) is 3.06. The molecule has 0 saturated heterocycles. The fourth-order valence-electron chi connectivity index (χ4n) is 2.40. The molecule has 2 N–H and O–H groups in total. The fourth-order valence-corrected chi connectivity index (χ4v) is 3.23. The van der Waals surface area contributed by atoms with E-state index in [2.05, 4.69) is 63.7 Å². The molecule has 23 heavy (non-hydrogen) atoms. The van der Waals surface area contributed by atoms with Gasteiger partial charge in [0.05, 0.1) is 12.2 Å². The van der Waals surface area contributed by atoms with Crippen LogP contribution in [0.3, 0.4) is 0 Å². The molecule has 0 fully saturated rings. The van der Waals surface area contributed by atoms with E-state index >= 15 is 0 Å². The molecule has 0 aliphatic rings. The summed E-state index contributed by atoms with van der Waals surface area (Å²) < 4.78 is 2.07. The zero-order valence-corrected chi connectivity index (χ0v) is 15.3. The van der Waals surface area contributed by atoms with Crippen LogP contribution in [0.4, 0.5) is 0 Å². The highest BCUT2D eigenvalue weighted by Crippen LogP contribution is 2.16. The molecule has 2 rings (SSSR count). The lowest BCUT2D eigenvalue weighted by atomic mass is 10.3. The summed E-state index contributed by atoms with van der Waals surface area (Å²) in [5.41, 5.74) is 3.62. The highest BCUT2D eigenvalue weighted by molar-refractivity contribution is 7.10. The Hall–Kier alpha value is -1.82. The highest BCUT2D eigenvalue weighted by atomic mass is 32.1. The Bertz CT molecular complexity index is 641. The number of nitrogens with zero attached hydrogens (tertiary/aromatic N) is 3. The van der Waals surface area contributed by atoms with Crippen LogP contribution in [0.2, 0.25) is 0 Å². The first-order valence-corrected chi connectivity index (χ1v) is 9.04. The van der Waals surface area contributed by atoms with Gasteiger partial charge in [0.2, 0.25) is 0 Å². The molecule has 0 unspecified atom stereocenters. The minimum absolute atomic E-state index is 0.732. The summed E-state index contributed by atoms with van der Waals surface area (Å²) >= 11 is 1.76. The predicted octanol–water partition coefficient (Wildman–Crippen LogP) is 3.02. The lowest BCUT2D eigenvalue weighted by Crippen LogP contribution is -2.38. The van der Waals surface area contributed by atoms with Gasteiger partial charge in [0.25, 0.3) is 0 Å². The summed E-state index contributed by atoms with van der Waals surface area (Å²) in [4.78, 5) is 5.99. The molecule has 6 heteroatoms. The molecule has 0 bridgehead atoms. The van der Waals surface area contributed by atoms with E-state index in [-0.39, 0.29) is 0 Å². The van der Waals surface area contributed by atoms with Gasteiger partial charge in [-0.15, -0.1) is 11.3 Å². The van der Waals surface area contributed by atoms with Crippen molar-refractivity contribution in [2.45, 2.75) is 47.2 Å². The lowest BCUT2D eigenvalue weighted by Gasteiger charge is -2.11. The van der Waals surface area contributed by atoms with Gasteiger partial charge in [-0.3, -0.25) is 4.68 Å². The van der Waals surface area contributed by atoms with Crippen LogP contribution in [-0.4, -0.2) is 28.8 Å². The van der Waals surface area contributed by atoms with Crippen molar-refractivity contribution in [2.24, 2.45) is 4.99 Å². The topological polar surface area (TPSA) is 54.2 Å². The van der Waals surface area contributed by atoms with Crippen LogP contribution in [0, 0.1) is 20.8 Å². The number of thiophene rings is 1. The standard InChI is InChI=1S/C17H27N5S/c1-5-18-17(20-12-16-13(2)7-10-23-16)19-8-6-9-22-15(4)11-14(3)21-22/h7,10-11H,5-6,8-9,12H2,1-4H3,(H2,18,19,20). The maximum Gasteiger partial charge on any atom is 0.191 e. The highest BCUT2D eigenvalue weighted by Gasteiger charge is 2.02. The Kier molecular flexibility index (Phi) is 6.65. The third-order valence-corrected chi connectivity index (χ3v) is 4.64. The number of hydrogen-bond acceptors (Lipinski definition) is 3.